The van der Waals surface area contributed by atoms with Crippen LogP contribution in [0, 0.1) is 11.8 Å². The molecule has 4 nitrogen and oxygen atoms in total. The van der Waals surface area contributed by atoms with Gasteiger partial charge in [-0.15, -0.1) is 0 Å². The quantitative estimate of drug-likeness (QED) is 0.344. The topological polar surface area (TPSA) is 66.8 Å². The molecule has 4 heteroatoms. The smallest absolute Gasteiger partial charge is 0.306 e. The molecular formula is C22H36O4. The van der Waals surface area contributed by atoms with Gasteiger partial charge in [-0.05, 0) is 50.9 Å². The van der Waals surface area contributed by atoms with E-state index >= 15 is 0 Å². The Morgan fingerprint density at radius 2 is 2.00 bits per heavy atom. The number of unbranched alkanes of at least 4 members (excludes halogenated alkanes) is 3. The maximum atomic E-state index is 11.7. The summed E-state index contributed by atoms with van der Waals surface area (Å²) in [6.07, 6.45) is 17.1. The summed E-state index contributed by atoms with van der Waals surface area (Å²) in [5.74, 6) is 0.131. The highest BCUT2D eigenvalue weighted by molar-refractivity contribution is 5.69. The molecule has 1 saturated carbocycles. The Morgan fingerprint density at radius 3 is 2.81 bits per heavy atom. The molecule has 1 aliphatic heterocycles. The number of cyclic esters (lactones) is 1. The fraction of sp³-hybridized carbons (Fsp3) is 0.773. The number of carbonyl (C=O) groups excluding carboxylic acids is 1. The van der Waals surface area contributed by atoms with Crippen LogP contribution in [0.15, 0.2) is 24.3 Å². The standard InChI is InChI=1S/C22H36O4/c1-2-3-4-5-6-7-8-10-13-19(23)22(25)18-16-17(18)20-14-11-9-12-15-21(24)26-20/h6-7,10,13,17-20,22-23,25H,2-5,8-9,11-12,14-16H2,1H3/b7-6-,13-10-/t17-,18-,19+,20-,22-/m1/s1. The Morgan fingerprint density at radius 1 is 1.15 bits per heavy atom. The van der Waals surface area contributed by atoms with Crippen molar-refractivity contribution in [1.29, 1.82) is 0 Å². The van der Waals surface area contributed by atoms with Crippen molar-refractivity contribution in [3.8, 4) is 0 Å². The van der Waals surface area contributed by atoms with Gasteiger partial charge in [-0.3, -0.25) is 4.79 Å². The number of ether oxygens (including phenoxy) is 1. The Hall–Kier alpha value is -1.13. The molecule has 0 aromatic heterocycles. The monoisotopic (exact) mass is 364 g/mol. The van der Waals surface area contributed by atoms with Crippen LogP contribution < -0.4 is 0 Å². The third-order valence-corrected chi connectivity index (χ3v) is 5.56. The first-order valence-corrected chi connectivity index (χ1v) is 10.5. The van der Waals surface area contributed by atoms with Gasteiger partial charge in [0.15, 0.2) is 0 Å². The van der Waals surface area contributed by atoms with E-state index in [1.165, 1.54) is 19.3 Å². The van der Waals surface area contributed by atoms with Crippen molar-refractivity contribution in [3.05, 3.63) is 24.3 Å². The summed E-state index contributed by atoms with van der Waals surface area (Å²) < 4.78 is 5.57. The van der Waals surface area contributed by atoms with Crippen molar-refractivity contribution >= 4 is 5.97 Å². The molecule has 2 fully saturated rings. The third-order valence-electron chi connectivity index (χ3n) is 5.56. The lowest BCUT2D eigenvalue weighted by molar-refractivity contribution is -0.152. The van der Waals surface area contributed by atoms with E-state index in [0.29, 0.717) is 6.42 Å². The number of aliphatic hydroxyl groups excluding tert-OH is 2. The van der Waals surface area contributed by atoms with Gasteiger partial charge < -0.3 is 14.9 Å². The minimum atomic E-state index is -0.845. The summed E-state index contributed by atoms with van der Waals surface area (Å²) >= 11 is 0. The summed E-state index contributed by atoms with van der Waals surface area (Å²) in [4.78, 5) is 11.7. The second kappa shape index (κ2) is 11.6. The van der Waals surface area contributed by atoms with Crippen LogP contribution in [0.2, 0.25) is 0 Å². The molecule has 2 aliphatic rings. The van der Waals surface area contributed by atoms with Gasteiger partial charge in [0.25, 0.3) is 0 Å². The fourth-order valence-electron chi connectivity index (χ4n) is 3.83. The Bertz CT molecular complexity index is 471. The van der Waals surface area contributed by atoms with E-state index in [2.05, 4.69) is 19.1 Å². The van der Waals surface area contributed by atoms with Crippen LogP contribution in [-0.4, -0.2) is 34.5 Å². The van der Waals surface area contributed by atoms with Crippen molar-refractivity contribution in [3.63, 3.8) is 0 Å². The molecule has 1 heterocycles. The second-order valence-electron chi connectivity index (χ2n) is 7.80. The van der Waals surface area contributed by atoms with E-state index in [1.54, 1.807) is 6.08 Å². The van der Waals surface area contributed by atoms with Gasteiger partial charge in [-0.1, -0.05) is 50.5 Å². The van der Waals surface area contributed by atoms with E-state index in [0.717, 1.165) is 44.9 Å². The summed E-state index contributed by atoms with van der Waals surface area (Å²) in [5.41, 5.74) is 0. The van der Waals surface area contributed by atoms with E-state index in [-0.39, 0.29) is 23.9 Å². The second-order valence-corrected chi connectivity index (χ2v) is 7.80. The van der Waals surface area contributed by atoms with E-state index < -0.39 is 12.2 Å². The molecular weight excluding hydrogens is 328 g/mol. The van der Waals surface area contributed by atoms with Crippen molar-refractivity contribution in [1.82, 2.24) is 0 Å². The summed E-state index contributed by atoms with van der Waals surface area (Å²) in [7, 11) is 0. The minimum Gasteiger partial charge on any atom is -0.462 e. The number of aliphatic hydroxyl groups is 2. The molecule has 148 valence electrons. The average molecular weight is 365 g/mol. The first kappa shape index (κ1) is 21.2. The SMILES string of the molecule is CCCCC/C=C\C/C=C\[C@H](O)[C@H](O)[C@@H]1C[C@H]1[C@H]1CCCCCC(=O)O1. The van der Waals surface area contributed by atoms with E-state index in [9.17, 15) is 15.0 Å². The predicted octanol–water partition coefficient (Wildman–Crippen LogP) is 4.30. The Kier molecular flexibility index (Phi) is 9.41. The number of hydrogen-bond acceptors (Lipinski definition) is 4. The van der Waals surface area contributed by atoms with Crippen LogP contribution in [-0.2, 0) is 9.53 Å². The van der Waals surface area contributed by atoms with Gasteiger partial charge in [-0.2, -0.15) is 0 Å². The largest absolute Gasteiger partial charge is 0.462 e. The van der Waals surface area contributed by atoms with Crippen LogP contribution in [0.4, 0.5) is 0 Å². The average Bonchev–Trinajstić information content (AvgIpc) is 3.40. The van der Waals surface area contributed by atoms with Gasteiger partial charge in [0.2, 0.25) is 0 Å². The zero-order chi connectivity index (χ0) is 18.8. The van der Waals surface area contributed by atoms with Gasteiger partial charge in [0, 0.05) is 12.3 Å². The van der Waals surface area contributed by atoms with Crippen LogP contribution in [0.5, 0.6) is 0 Å². The number of rotatable bonds is 10. The van der Waals surface area contributed by atoms with Gasteiger partial charge in [0.05, 0.1) is 12.2 Å². The summed E-state index contributed by atoms with van der Waals surface area (Å²) in [6, 6.07) is 0. The van der Waals surface area contributed by atoms with Crippen molar-refractivity contribution in [2.24, 2.45) is 11.8 Å². The van der Waals surface area contributed by atoms with Crippen LogP contribution in [0.1, 0.15) is 77.6 Å². The lowest BCUT2D eigenvalue weighted by Crippen LogP contribution is -2.30. The first-order valence-electron chi connectivity index (χ1n) is 10.5. The fourth-order valence-corrected chi connectivity index (χ4v) is 3.83. The van der Waals surface area contributed by atoms with Gasteiger partial charge in [0.1, 0.15) is 6.10 Å². The van der Waals surface area contributed by atoms with Gasteiger partial charge in [-0.25, -0.2) is 0 Å². The van der Waals surface area contributed by atoms with Crippen molar-refractivity contribution in [2.75, 3.05) is 0 Å². The van der Waals surface area contributed by atoms with Crippen molar-refractivity contribution in [2.45, 2.75) is 95.9 Å². The number of esters is 1. The Labute approximate surface area is 158 Å². The van der Waals surface area contributed by atoms with Crippen LogP contribution in [0.25, 0.3) is 0 Å². The van der Waals surface area contributed by atoms with Crippen LogP contribution >= 0.6 is 0 Å². The maximum absolute atomic E-state index is 11.7. The lowest BCUT2D eigenvalue weighted by atomic mass is 10.00. The van der Waals surface area contributed by atoms with E-state index in [4.69, 9.17) is 4.74 Å². The van der Waals surface area contributed by atoms with Crippen molar-refractivity contribution < 1.29 is 19.7 Å². The molecule has 0 aromatic rings. The molecule has 2 N–H and O–H groups in total. The molecule has 5 atom stereocenters. The highest BCUT2D eigenvalue weighted by atomic mass is 16.5. The molecule has 26 heavy (non-hydrogen) atoms. The summed E-state index contributed by atoms with van der Waals surface area (Å²) in [5, 5.41) is 20.6. The normalized spacial score (nSPS) is 29.3. The minimum absolute atomic E-state index is 0.0384. The number of allylic oxidation sites excluding steroid dienone is 3. The molecule has 0 radical (unpaired) electrons. The highest BCUT2D eigenvalue weighted by Gasteiger charge is 2.49. The highest BCUT2D eigenvalue weighted by Crippen LogP contribution is 2.47. The molecule has 2 rings (SSSR count). The lowest BCUT2D eigenvalue weighted by Gasteiger charge is -2.22. The van der Waals surface area contributed by atoms with Crippen LogP contribution in [0.3, 0.4) is 0 Å². The maximum Gasteiger partial charge on any atom is 0.306 e. The number of carbonyl (C=O) groups is 1. The first-order chi connectivity index (χ1) is 12.6. The predicted molar refractivity (Wildman–Crippen MR) is 104 cm³/mol. The molecule has 0 bridgehead atoms. The molecule has 1 saturated heterocycles. The third kappa shape index (κ3) is 7.24. The molecule has 0 unspecified atom stereocenters. The zero-order valence-corrected chi connectivity index (χ0v) is 16.2. The molecule has 0 aromatic carbocycles. The summed E-state index contributed by atoms with van der Waals surface area (Å²) in [6.45, 7) is 2.20. The van der Waals surface area contributed by atoms with E-state index in [1.807, 2.05) is 6.08 Å². The van der Waals surface area contributed by atoms with Gasteiger partial charge >= 0.3 is 5.97 Å². The Balaban J connectivity index is 1.69. The zero-order valence-electron chi connectivity index (χ0n) is 16.2. The molecule has 0 spiro atoms. The molecule has 0 amide bonds. The molecule has 1 aliphatic carbocycles. The number of hydrogen-bond donors (Lipinski definition) is 2.